The smallest absolute Gasteiger partial charge is 0.249 e. The van der Waals surface area contributed by atoms with Crippen molar-refractivity contribution in [2.45, 2.75) is 6.92 Å². The second kappa shape index (κ2) is 5.93. The number of pyridine rings is 1. The van der Waals surface area contributed by atoms with Crippen LogP contribution in [0.5, 0.6) is 11.5 Å². The summed E-state index contributed by atoms with van der Waals surface area (Å²) in [4.78, 5) is 14.8. The highest BCUT2D eigenvalue weighted by Crippen LogP contribution is 2.34. The molecule has 22 heavy (non-hydrogen) atoms. The van der Waals surface area contributed by atoms with E-state index in [1.807, 2.05) is 49.4 Å². The maximum Gasteiger partial charge on any atom is 0.249 e. The Balaban J connectivity index is 2.32. The van der Waals surface area contributed by atoms with Crippen LogP contribution in [0.15, 0.2) is 53.3 Å². The van der Waals surface area contributed by atoms with Crippen molar-refractivity contribution >= 4 is 10.9 Å². The number of methoxy groups -OCH3 is 1. The lowest BCUT2D eigenvalue weighted by atomic mass is 10.00. The lowest BCUT2D eigenvalue weighted by molar-refractivity contribution is 0.341. The van der Waals surface area contributed by atoms with Crippen LogP contribution < -0.4 is 15.0 Å². The number of ether oxygens (including phenoxy) is 2. The Morgan fingerprint density at radius 2 is 1.86 bits per heavy atom. The van der Waals surface area contributed by atoms with E-state index in [0.717, 1.165) is 33.5 Å². The SMILES string of the molecule is CCOc1ccccc1-c1cc(=O)[nH]c2ccc(OC)cc12. The van der Waals surface area contributed by atoms with E-state index in [1.54, 1.807) is 13.2 Å². The molecule has 0 aliphatic rings. The summed E-state index contributed by atoms with van der Waals surface area (Å²) < 4.78 is 11.0. The van der Waals surface area contributed by atoms with Gasteiger partial charge in [-0.15, -0.1) is 0 Å². The number of para-hydroxylation sites is 1. The summed E-state index contributed by atoms with van der Waals surface area (Å²) in [5.74, 6) is 1.51. The molecule has 0 bridgehead atoms. The van der Waals surface area contributed by atoms with Crippen molar-refractivity contribution in [1.29, 1.82) is 0 Å². The highest BCUT2D eigenvalue weighted by molar-refractivity contribution is 5.96. The van der Waals surface area contributed by atoms with Crippen LogP contribution in [0.2, 0.25) is 0 Å². The van der Waals surface area contributed by atoms with Crippen molar-refractivity contribution in [2.24, 2.45) is 0 Å². The van der Waals surface area contributed by atoms with Crippen molar-refractivity contribution in [1.82, 2.24) is 4.98 Å². The molecule has 4 nitrogen and oxygen atoms in total. The minimum absolute atomic E-state index is 0.140. The van der Waals surface area contributed by atoms with E-state index in [0.29, 0.717) is 6.61 Å². The quantitative estimate of drug-likeness (QED) is 0.800. The van der Waals surface area contributed by atoms with E-state index in [-0.39, 0.29) is 5.56 Å². The summed E-state index contributed by atoms with van der Waals surface area (Å²) in [6, 6.07) is 14.9. The third-order valence-corrected chi connectivity index (χ3v) is 3.53. The molecule has 0 aliphatic carbocycles. The van der Waals surface area contributed by atoms with E-state index < -0.39 is 0 Å². The Hall–Kier alpha value is -2.75. The van der Waals surface area contributed by atoms with Crippen molar-refractivity contribution < 1.29 is 9.47 Å². The van der Waals surface area contributed by atoms with Gasteiger partial charge in [0.2, 0.25) is 5.56 Å². The van der Waals surface area contributed by atoms with E-state index in [9.17, 15) is 4.79 Å². The van der Waals surface area contributed by atoms with Gasteiger partial charge < -0.3 is 14.5 Å². The number of hydrogen-bond acceptors (Lipinski definition) is 3. The van der Waals surface area contributed by atoms with Crippen LogP contribution in [0.3, 0.4) is 0 Å². The normalized spacial score (nSPS) is 10.6. The highest BCUT2D eigenvalue weighted by atomic mass is 16.5. The molecule has 3 aromatic rings. The van der Waals surface area contributed by atoms with Gasteiger partial charge in [-0.3, -0.25) is 4.79 Å². The van der Waals surface area contributed by atoms with Crippen LogP contribution >= 0.6 is 0 Å². The molecule has 0 radical (unpaired) electrons. The maximum absolute atomic E-state index is 12.0. The van der Waals surface area contributed by atoms with Gasteiger partial charge in [0.15, 0.2) is 0 Å². The van der Waals surface area contributed by atoms with Crippen LogP contribution in [0.1, 0.15) is 6.92 Å². The van der Waals surface area contributed by atoms with Crippen LogP contribution in [0.25, 0.3) is 22.0 Å². The van der Waals surface area contributed by atoms with Crippen molar-refractivity contribution in [2.75, 3.05) is 13.7 Å². The number of fused-ring (bicyclic) bond motifs is 1. The van der Waals surface area contributed by atoms with Crippen molar-refractivity contribution in [3.63, 3.8) is 0 Å². The fourth-order valence-electron chi connectivity index (χ4n) is 2.55. The number of aromatic nitrogens is 1. The summed E-state index contributed by atoms with van der Waals surface area (Å²) >= 11 is 0. The van der Waals surface area contributed by atoms with Gasteiger partial charge in [0.25, 0.3) is 0 Å². The first-order chi connectivity index (χ1) is 10.7. The lowest BCUT2D eigenvalue weighted by Crippen LogP contribution is -2.05. The fraction of sp³-hybridized carbons (Fsp3) is 0.167. The molecule has 1 heterocycles. The zero-order valence-corrected chi connectivity index (χ0v) is 12.6. The van der Waals surface area contributed by atoms with Gasteiger partial charge in [0.1, 0.15) is 11.5 Å². The Morgan fingerprint density at radius 3 is 2.64 bits per heavy atom. The summed E-state index contributed by atoms with van der Waals surface area (Å²) in [5, 5.41) is 0.922. The number of hydrogen-bond donors (Lipinski definition) is 1. The first kappa shape index (κ1) is 14.2. The largest absolute Gasteiger partial charge is 0.497 e. The van der Waals surface area contributed by atoms with Gasteiger partial charge in [-0.25, -0.2) is 0 Å². The molecule has 4 heteroatoms. The number of H-pyrrole nitrogens is 1. The zero-order valence-electron chi connectivity index (χ0n) is 12.6. The predicted molar refractivity (Wildman–Crippen MR) is 87.7 cm³/mol. The highest BCUT2D eigenvalue weighted by Gasteiger charge is 2.11. The Kier molecular flexibility index (Phi) is 3.83. The van der Waals surface area contributed by atoms with Gasteiger partial charge in [0, 0.05) is 28.1 Å². The van der Waals surface area contributed by atoms with Gasteiger partial charge in [-0.1, -0.05) is 18.2 Å². The van der Waals surface area contributed by atoms with Crippen LogP contribution in [-0.4, -0.2) is 18.7 Å². The van der Waals surface area contributed by atoms with Gasteiger partial charge in [-0.05, 0) is 31.2 Å². The molecular formula is C18H17NO3. The molecule has 1 aromatic heterocycles. The molecule has 0 saturated carbocycles. The molecule has 112 valence electrons. The Morgan fingerprint density at radius 1 is 1.05 bits per heavy atom. The summed E-state index contributed by atoms with van der Waals surface area (Å²) in [6.07, 6.45) is 0. The summed E-state index contributed by atoms with van der Waals surface area (Å²) in [7, 11) is 1.63. The topological polar surface area (TPSA) is 51.3 Å². The molecule has 0 unspecified atom stereocenters. The van der Waals surface area contributed by atoms with E-state index >= 15 is 0 Å². The molecule has 0 saturated heterocycles. The summed E-state index contributed by atoms with van der Waals surface area (Å²) in [6.45, 7) is 2.51. The predicted octanol–water partition coefficient (Wildman–Crippen LogP) is 3.60. The standard InChI is InChI=1S/C18H17NO3/c1-3-22-17-7-5-4-6-13(17)14-11-18(20)19-16-9-8-12(21-2)10-15(14)16/h4-11H,3H2,1-2H3,(H,19,20). The monoisotopic (exact) mass is 295 g/mol. The molecule has 2 aromatic carbocycles. The third kappa shape index (κ3) is 2.55. The van der Waals surface area contributed by atoms with Crippen molar-refractivity contribution in [3.05, 3.63) is 58.9 Å². The zero-order chi connectivity index (χ0) is 15.5. The minimum Gasteiger partial charge on any atom is -0.497 e. The molecule has 1 N–H and O–H groups in total. The average Bonchev–Trinajstić information content (AvgIpc) is 2.54. The molecule has 0 aliphatic heterocycles. The van der Waals surface area contributed by atoms with E-state index in [2.05, 4.69) is 4.98 Å². The van der Waals surface area contributed by atoms with Gasteiger partial charge in [-0.2, -0.15) is 0 Å². The second-order valence-corrected chi connectivity index (χ2v) is 4.89. The van der Waals surface area contributed by atoms with Crippen LogP contribution in [0, 0.1) is 0 Å². The first-order valence-electron chi connectivity index (χ1n) is 7.16. The number of aromatic amines is 1. The van der Waals surface area contributed by atoms with Crippen LogP contribution in [0.4, 0.5) is 0 Å². The average molecular weight is 295 g/mol. The van der Waals surface area contributed by atoms with Gasteiger partial charge >= 0.3 is 0 Å². The molecule has 0 spiro atoms. The van der Waals surface area contributed by atoms with Crippen molar-refractivity contribution in [3.8, 4) is 22.6 Å². The number of rotatable bonds is 4. The Labute approximate surface area is 128 Å². The molecular weight excluding hydrogens is 278 g/mol. The summed E-state index contributed by atoms with van der Waals surface area (Å²) in [5.41, 5.74) is 2.36. The van der Waals surface area contributed by atoms with E-state index in [4.69, 9.17) is 9.47 Å². The van der Waals surface area contributed by atoms with Gasteiger partial charge in [0.05, 0.1) is 13.7 Å². The fourth-order valence-corrected chi connectivity index (χ4v) is 2.55. The molecule has 0 fully saturated rings. The van der Waals surface area contributed by atoms with E-state index in [1.165, 1.54) is 0 Å². The first-order valence-corrected chi connectivity index (χ1v) is 7.16. The number of nitrogens with one attached hydrogen (secondary N) is 1. The molecule has 3 rings (SSSR count). The maximum atomic E-state index is 12.0. The molecule has 0 atom stereocenters. The van der Waals surface area contributed by atoms with Crippen LogP contribution in [-0.2, 0) is 0 Å². The minimum atomic E-state index is -0.140. The lowest BCUT2D eigenvalue weighted by Gasteiger charge is -2.12. The third-order valence-electron chi connectivity index (χ3n) is 3.53. The number of benzene rings is 2. The molecule has 0 amide bonds. The second-order valence-electron chi connectivity index (χ2n) is 4.89. The Bertz CT molecular complexity index is 868.